The largest absolute Gasteiger partial charge is 0.371 e. The Labute approximate surface area is 98.5 Å². The highest BCUT2D eigenvalue weighted by molar-refractivity contribution is 5.75. The molecule has 92 valence electrons. The van der Waals surface area contributed by atoms with E-state index in [-0.39, 0.29) is 18.1 Å². The first-order chi connectivity index (χ1) is 7.49. The van der Waals surface area contributed by atoms with Gasteiger partial charge in [-0.3, -0.25) is 4.79 Å². The van der Waals surface area contributed by atoms with Gasteiger partial charge in [0.05, 0.1) is 12.2 Å². The number of rotatable bonds is 4. The summed E-state index contributed by atoms with van der Waals surface area (Å²) in [6.07, 6.45) is 7.33. The molecule has 1 unspecified atom stereocenters. The molecule has 1 rings (SSSR count). The minimum absolute atomic E-state index is 0.201. The van der Waals surface area contributed by atoms with Gasteiger partial charge >= 0.3 is 0 Å². The summed E-state index contributed by atoms with van der Waals surface area (Å²) in [5.74, 6) is 0.588. The monoisotopic (exact) mass is 225 g/mol. The van der Waals surface area contributed by atoms with E-state index in [4.69, 9.17) is 4.74 Å². The van der Waals surface area contributed by atoms with Crippen molar-refractivity contribution in [2.45, 2.75) is 45.3 Å². The third kappa shape index (κ3) is 4.35. The van der Waals surface area contributed by atoms with Gasteiger partial charge < -0.3 is 9.64 Å². The minimum Gasteiger partial charge on any atom is -0.371 e. The van der Waals surface area contributed by atoms with Gasteiger partial charge in [0.2, 0.25) is 5.91 Å². The van der Waals surface area contributed by atoms with E-state index in [2.05, 4.69) is 26.0 Å². The van der Waals surface area contributed by atoms with Crippen LogP contribution in [0.3, 0.4) is 0 Å². The highest BCUT2D eigenvalue weighted by atomic mass is 16.5. The third-order valence-corrected chi connectivity index (χ3v) is 2.90. The summed E-state index contributed by atoms with van der Waals surface area (Å²) in [5, 5.41) is 0. The van der Waals surface area contributed by atoms with Crippen LogP contribution < -0.4 is 0 Å². The van der Waals surface area contributed by atoms with Crippen LogP contribution in [0.1, 0.15) is 33.1 Å². The molecule has 0 aliphatic carbocycles. The predicted octanol–water partition coefficient (Wildman–Crippen LogP) is 2.22. The van der Waals surface area contributed by atoms with E-state index in [9.17, 15) is 4.79 Å². The van der Waals surface area contributed by atoms with Gasteiger partial charge in [0.15, 0.2) is 0 Å². The van der Waals surface area contributed by atoms with E-state index in [1.807, 2.05) is 0 Å². The number of amides is 1. The molecule has 0 saturated carbocycles. The lowest BCUT2D eigenvalue weighted by molar-refractivity contribution is -0.129. The van der Waals surface area contributed by atoms with Crippen molar-refractivity contribution in [3.63, 3.8) is 0 Å². The molecule has 1 heterocycles. The molecule has 0 bridgehead atoms. The number of hydrogen-bond donors (Lipinski definition) is 0. The predicted molar refractivity (Wildman–Crippen MR) is 65.2 cm³/mol. The van der Waals surface area contributed by atoms with E-state index in [1.54, 1.807) is 19.0 Å². The minimum atomic E-state index is 0.201. The normalized spacial score (nSPS) is 26.5. The molecule has 0 saturated heterocycles. The highest BCUT2D eigenvalue weighted by Gasteiger charge is 2.19. The van der Waals surface area contributed by atoms with Crippen LogP contribution in [0.2, 0.25) is 0 Å². The van der Waals surface area contributed by atoms with Crippen molar-refractivity contribution in [2.75, 3.05) is 14.1 Å². The van der Waals surface area contributed by atoms with Crippen LogP contribution in [0.5, 0.6) is 0 Å². The summed E-state index contributed by atoms with van der Waals surface area (Å²) < 4.78 is 5.79. The quantitative estimate of drug-likeness (QED) is 0.687. The molecule has 0 spiro atoms. The Morgan fingerprint density at radius 3 is 2.81 bits per heavy atom. The fourth-order valence-electron chi connectivity index (χ4n) is 1.99. The fraction of sp³-hybridized carbons (Fsp3) is 0.769. The summed E-state index contributed by atoms with van der Waals surface area (Å²) in [5.41, 5.74) is 0. The van der Waals surface area contributed by atoms with Gasteiger partial charge in [0, 0.05) is 20.5 Å². The molecule has 0 aromatic heterocycles. The molecular weight excluding hydrogens is 202 g/mol. The van der Waals surface area contributed by atoms with Gasteiger partial charge in [-0.1, -0.05) is 19.1 Å². The lowest BCUT2D eigenvalue weighted by Gasteiger charge is -2.26. The molecule has 3 heteroatoms. The standard InChI is InChI=1S/C13H23NO2/c1-10(9-13(15)14(3)4)8-12-7-5-6-11(2)16-12/h5-6,10-12H,7-9H2,1-4H3/t10-,11?,12+/m1/s1. The van der Waals surface area contributed by atoms with Gasteiger partial charge in [-0.25, -0.2) is 0 Å². The van der Waals surface area contributed by atoms with Crippen molar-refractivity contribution in [1.29, 1.82) is 0 Å². The van der Waals surface area contributed by atoms with Crippen LogP contribution in [-0.4, -0.2) is 37.1 Å². The number of carbonyl (C=O) groups is 1. The van der Waals surface area contributed by atoms with Gasteiger partial charge in [-0.15, -0.1) is 0 Å². The molecule has 3 atom stereocenters. The molecule has 0 aromatic carbocycles. The lowest BCUT2D eigenvalue weighted by atomic mass is 9.96. The van der Waals surface area contributed by atoms with Crippen molar-refractivity contribution in [3.8, 4) is 0 Å². The maximum atomic E-state index is 11.5. The van der Waals surface area contributed by atoms with Gasteiger partial charge in [-0.2, -0.15) is 0 Å². The summed E-state index contributed by atoms with van der Waals surface area (Å²) >= 11 is 0. The van der Waals surface area contributed by atoms with E-state index in [1.165, 1.54) is 0 Å². The second-order valence-corrected chi connectivity index (χ2v) is 4.96. The van der Waals surface area contributed by atoms with Crippen molar-refractivity contribution in [1.82, 2.24) is 4.90 Å². The maximum Gasteiger partial charge on any atom is 0.222 e. The van der Waals surface area contributed by atoms with Crippen molar-refractivity contribution >= 4 is 5.91 Å². The van der Waals surface area contributed by atoms with Crippen molar-refractivity contribution in [3.05, 3.63) is 12.2 Å². The molecule has 0 aromatic rings. The summed E-state index contributed by atoms with van der Waals surface area (Å²) in [7, 11) is 3.61. The number of ether oxygens (including phenoxy) is 1. The van der Waals surface area contributed by atoms with E-state index >= 15 is 0 Å². The van der Waals surface area contributed by atoms with Crippen LogP contribution in [0.25, 0.3) is 0 Å². The van der Waals surface area contributed by atoms with E-state index in [0.717, 1.165) is 12.8 Å². The molecule has 1 amide bonds. The molecule has 3 nitrogen and oxygen atoms in total. The van der Waals surface area contributed by atoms with Crippen LogP contribution >= 0.6 is 0 Å². The Bertz CT molecular complexity index is 261. The number of carbonyl (C=O) groups excluding carboxylic acids is 1. The first kappa shape index (κ1) is 13.2. The molecule has 1 aliphatic rings. The highest BCUT2D eigenvalue weighted by Crippen LogP contribution is 2.21. The molecule has 16 heavy (non-hydrogen) atoms. The topological polar surface area (TPSA) is 29.5 Å². The molecule has 1 aliphatic heterocycles. The van der Waals surface area contributed by atoms with Crippen molar-refractivity contribution in [2.24, 2.45) is 5.92 Å². The smallest absolute Gasteiger partial charge is 0.222 e. The van der Waals surface area contributed by atoms with Crippen LogP contribution in [0, 0.1) is 5.92 Å². The summed E-state index contributed by atoms with van der Waals surface area (Å²) in [4.78, 5) is 13.2. The first-order valence-electron chi connectivity index (χ1n) is 6.01. The van der Waals surface area contributed by atoms with Gasteiger partial charge in [-0.05, 0) is 25.7 Å². The summed E-state index contributed by atoms with van der Waals surface area (Å²) in [6, 6.07) is 0. The molecule has 0 radical (unpaired) electrons. The zero-order valence-corrected chi connectivity index (χ0v) is 10.8. The Kier molecular flexibility index (Phi) is 5.00. The van der Waals surface area contributed by atoms with Crippen molar-refractivity contribution < 1.29 is 9.53 Å². The average molecular weight is 225 g/mol. The lowest BCUT2D eigenvalue weighted by Crippen LogP contribution is -2.27. The molecule has 0 N–H and O–H groups in total. The Hall–Kier alpha value is -0.830. The molecule has 0 fully saturated rings. The number of nitrogens with zero attached hydrogens (tertiary/aromatic N) is 1. The van der Waals surface area contributed by atoms with Gasteiger partial charge in [0.25, 0.3) is 0 Å². The zero-order chi connectivity index (χ0) is 12.1. The Morgan fingerprint density at radius 2 is 2.25 bits per heavy atom. The first-order valence-corrected chi connectivity index (χ1v) is 6.01. The fourth-order valence-corrected chi connectivity index (χ4v) is 1.99. The zero-order valence-electron chi connectivity index (χ0n) is 10.8. The SMILES string of the molecule is CC1C=CC[C@@H](C[C@@H](C)CC(=O)N(C)C)O1. The molecular formula is C13H23NO2. The second kappa shape index (κ2) is 6.04. The van der Waals surface area contributed by atoms with E-state index < -0.39 is 0 Å². The third-order valence-electron chi connectivity index (χ3n) is 2.90. The summed E-state index contributed by atoms with van der Waals surface area (Å²) in [6.45, 7) is 4.17. The van der Waals surface area contributed by atoms with Gasteiger partial charge in [0.1, 0.15) is 0 Å². The number of hydrogen-bond acceptors (Lipinski definition) is 2. The van der Waals surface area contributed by atoms with Crippen LogP contribution in [0.15, 0.2) is 12.2 Å². The van der Waals surface area contributed by atoms with Crippen LogP contribution in [0.4, 0.5) is 0 Å². The second-order valence-electron chi connectivity index (χ2n) is 4.96. The Balaban J connectivity index is 2.31. The Morgan fingerprint density at radius 1 is 1.56 bits per heavy atom. The van der Waals surface area contributed by atoms with Crippen LogP contribution in [-0.2, 0) is 9.53 Å². The average Bonchev–Trinajstić information content (AvgIpc) is 2.16. The maximum absolute atomic E-state index is 11.5. The van der Waals surface area contributed by atoms with E-state index in [0.29, 0.717) is 12.3 Å².